The number of hydrogen-bond donors (Lipinski definition) is 1. The first-order valence-corrected chi connectivity index (χ1v) is 7.81. The molecular formula is C18H13FN6O. The smallest absolute Gasteiger partial charge is 0.223 e. The minimum atomic E-state index is -0.468. The molecule has 0 aliphatic carbocycles. The molecule has 7 nitrogen and oxygen atoms in total. The van der Waals surface area contributed by atoms with Crippen molar-refractivity contribution in [2.24, 2.45) is 5.73 Å². The minimum Gasteiger partial charge on any atom is -0.369 e. The first-order chi connectivity index (χ1) is 12.6. The second-order valence-electron chi connectivity index (χ2n) is 5.64. The van der Waals surface area contributed by atoms with Gasteiger partial charge in [-0.2, -0.15) is 5.10 Å². The third kappa shape index (κ3) is 2.88. The van der Waals surface area contributed by atoms with Gasteiger partial charge in [-0.15, -0.1) is 0 Å². The van der Waals surface area contributed by atoms with E-state index in [1.807, 2.05) is 6.07 Å². The van der Waals surface area contributed by atoms with E-state index < -0.39 is 11.7 Å². The fourth-order valence-electron chi connectivity index (χ4n) is 2.71. The summed E-state index contributed by atoms with van der Waals surface area (Å²) in [5.74, 6) is -0.863. The van der Waals surface area contributed by atoms with Crippen LogP contribution in [0, 0.1) is 5.82 Å². The number of halogens is 1. The summed E-state index contributed by atoms with van der Waals surface area (Å²) in [5.41, 5.74) is 8.66. The third-order valence-corrected chi connectivity index (χ3v) is 3.84. The van der Waals surface area contributed by atoms with Crippen LogP contribution in [0.5, 0.6) is 0 Å². The molecule has 0 fully saturated rings. The fraction of sp³-hybridized carbons (Fsp3) is 0.0556. The van der Waals surface area contributed by atoms with E-state index in [4.69, 9.17) is 5.73 Å². The summed E-state index contributed by atoms with van der Waals surface area (Å²) in [5, 5.41) is 4.55. The van der Waals surface area contributed by atoms with Crippen molar-refractivity contribution in [3.05, 3.63) is 66.5 Å². The number of imidazole rings is 1. The Bertz CT molecular complexity index is 1120. The summed E-state index contributed by atoms with van der Waals surface area (Å²) in [4.78, 5) is 24.0. The van der Waals surface area contributed by atoms with Crippen LogP contribution in [-0.4, -0.2) is 30.5 Å². The summed E-state index contributed by atoms with van der Waals surface area (Å²) in [6, 6.07) is 9.76. The summed E-state index contributed by atoms with van der Waals surface area (Å²) < 4.78 is 15.2. The zero-order valence-electron chi connectivity index (χ0n) is 13.5. The molecule has 1 amide bonds. The quantitative estimate of drug-likeness (QED) is 0.608. The number of nitrogens with zero attached hydrogens (tertiary/aromatic N) is 5. The zero-order chi connectivity index (χ0) is 18.1. The van der Waals surface area contributed by atoms with Gasteiger partial charge in [0.2, 0.25) is 5.91 Å². The van der Waals surface area contributed by atoms with Gasteiger partial charge in [0.1, 0.15) is 5.82 Å². The molecule has 4 heterocycles. The van der Waals surface area contributed by atoms with E-state index in [2.05, 4.69) is 20.1 Å². The topological polar surface area (TPSA) is 99.1 Å². The molecule has 0 spiro atoms. The summed E-state index contributed by atoms with van der Waals surface area (Å²) in [7, 11) is 0. The number of pyridine rings is 2. The second kappa shape index (κ2) is 6.32. The number of hydrogen-bond acceptors (Lipinski definition) is 5. The Morgan fingerprint density at radius 2 is 1.96 bits per heavy atom. The van der Waals surface area contributed by atoms with E-state index in [0.717, 1.165) is 0 Å². The Kier molecular flexibility index (Phi) is 3.85. The normalized spacial score (nSPS) is 11.0. The van der Waals surface area contributed by atoms with E-state index in [0.29, 0.717) is 34.0 Å². The number of aromatic nitrogens is 5. The molecule has 8 heteroatoms. The van der Waals surface area contributed by atoms with Crippen LogP contribution in [0.15, 0.2) is 55.0 Å². The largest absolute Gasteiger partial charge is 0.369 e. The van der Waals surface area contributed by atoms with Gasteiger partial charge in [-0.1, -0.05) is 0 Å². The molecule has 0 unspecified atom stereocenters. The molecule has 0 bridgehead atoms. The highest BCUT2D eigenvalue weighted by Crippen LogP contribution is 2.28. The lowest BCUT2D eigenvalue weighted by Crippen LogP contribution is -2.15. The van der Waals surface area contributed by atoms with Crippen LogP contribution in [0.2, 0.25) is 0 Å². The SMILES string of the molecule is NC(=O)Cc1cnc2ccc(-c3cccnc3-c3cc(F)ccn3)nn12. The molecule has 26 heavy (non-hydrogen) atoms. The van der Waals surface area contributed by atoms with Crippen LogP contribution in [-0.2, 0) is 11.2 Å². The summed E-state index contributed by atoms with van der Waals surface area (Å²) in [6.07, 6.45) is 4.60. The number of fused-ring (bicyclic) bond motifs is 1. The fourth-order valence-corrected chi connectivity index (χ4v) is 2.71. The van der Waals surface area contributed by atoms with Crippen LogP contribution in [0.3, 0.4) is 0 Å². The highest BCUT2D eigenvalue weighted by molar-refractivity contribution is 5.78. The number of rotatable bonds is 4. The molecule has 0 atom stereocenters. The average molecular weight is 348 g/mol. The first kappa shape index (κ1) is 15.8. The lowest BCUT2D eigenvalue weighted by Gasteiger charge is -2.08. The zero-order valence-corrected chi connectivity index (χ0v) is 13.5. The van der Waals surface area contributed by atoms with Gasteiger partial charge >= 0.3 is 0 Å². The van der Waals surface area contributed by atoms with Gasteiger partial charge in [-0.3, -0.25) is 14.8 Å². The van der Waals surface area contributed by atoms with Gasteiger partial charge in [0.05, 0.1) is 35.4 Å². The van der Waals surface area contributed by atoms with Crippen molar-refractivity contribution in [3.8, 4) is 22.6 Å². The van der Waals surface area contributed by atoms with E-state index in [-0.39, 0.29) is 6.42 Å². The van der Waals surface area contributed by atoms with Crippen LogP contribution in [0.4, 0.5) is 4.39 Å². The van der Waals surface area contributed by atoms with Gasteiger partial charge in [0.15, 0.2) is 5.65 Å². The standard InChI is InChI=1S/C18H13FN6O/c19-11-5-7-21-15(8-11)18-13(2-1-6-22-18)14-3-4-17-23-10-12(9-16(20)26)25(17)24-14/h1-8,10H,9H2,(H2,20,26). The summed E-state index contributed by atoms with van der Waals surface area (Å²) >= 11 is 0. The number of nitrogens with two attached hydrogens (primary N) is 1. The molecular weight excluding hydrogens is 335 g/mol. The second-order valence-corrected chi connectivity index (χ2v) is 5.64. The highest BCUT2D eigenvalue weighted by atomic mass is 19.1. The number of primary amides is 1. The lowest BCUT2D eigenvalue weighted by molar-refractivity contribution is -0.117. The van der Waals surface area contributed by atoms with E-state index in [9.17, 15) is 9.18 Å². The Hall–Kier alpha value is -3.68. The van der Waals surface area contributed by atoms with Crippen LogP contribution >= 0.6 is 0 Å². The van der Waals surface area contributed by atoms with Crippen LogP contribution < -0.4 is 5.73 Å². The third-order valence-electron chi connectivity index (χ3n) is 3.84. The molecule has 0 saturated carbocycles. The minimum absolute atomic E-state index is 0.0307. The Morgan fingerprint density at radius 3 is 2.77 bits per heavy atom. The monoisotopic (exact) mass is 348 g/mol. The molecule has 2 N–H and O–H groups in total. The van der Waals surface area contributed by atoms with Crippen molar-refractivity contribution in [1.82, 2.24) is 24.6 Å². The molecule has 4 aromatic rings. The van der Waals surface area contributed by atoms with Crippen molar-refractivity contribution in [2.75, 3.05) is 0 Å². The molecule has 0 saturated heterocycles. The maximum atomic E-state index is 13.6. The van der Waals surface area contributed by atoms with Crippen molar-refractivity contribution in [3.63, 3.8) is 0 Å². The Balaban J connectivity index is 1.87. The predicted octanol–water partition coefficient (Wildman–Crippen LogP) is 2.02. The van der Waals surface area contributed by atoms with E-state index in [1.165, 1.54) is 18.3 Å². The maximum absolute atomic E-state index is 13.6. The number of amides is 1. The average Bonchev–Trinajstić information content (AvgIpc) is 3.03. The van der Waals surface area contributed by atoms with Crippen LogP contribution in [0.25, 0.3) is 28.3 Å². The van der Waals surface area contributed by atoms with Crippen molar-refractivity contribution < 1.29 is 9.18 Å². The maximum Gasteiger partial charge on any atom is 0.223 e. The number of carbonyl (C=O) groups excluding carboxylic acids is 1. The molecule has 0 radical (unpaired) electrons. The number of carbonyl (C=O) groups is 1. The predicted molar refractivity (Wildman–Crippen MR) is 92.3 cm³/mol. The molecule has 0 aromatic carbocycles. The lowest BCUT2D eigenvalue weighted by atomic mass is 10.1. The van der Waals surface area contributed by atoms with E-state index in [1.54, 1.807) is 35.1 Å². The van der Waals surface area contributed by atoms with Crippen molar-refractivity contribution in [1.29, 1.82) is 0 Å². The molecule has 128 valence electrons. The van der Waals surface area contributed by atoms with Gasteiger partial charge in [0, 0.05) is 24.0 Å². The van der Waals surface area contributed by atoms with Gasteiger partial charge in [-0.25, -0.2) is 13.9 Å². The summed E-state index contributed by atoms with van der Waals surface area (Å²) in [6.45, 7) is 0. The Morgan fingerprint density at radius 1 is 1.08 bits per heavy atom. The van der Waals surface area contributed by atoms with Gasteiger partial charge in [-0.05, 0) is 30.3 Å². The van der Waals surface area contributed by atoms with Crippen molar-refractivity contribution in [2.45, 2.75) is 6.42 Å². The van der Waals surface area contributed by atoms with Crippen LogP contribution in [0.1, 0.15) is 5.69 Å². The van der Waals surface area contributed by atoms with E-state index >= 15 is 0 Å². The molecule has 0 aliphatic rings. The molecule has 4 rings (SSSR count). The van der Waals surface area contributed by atoms with Gasteiger partial charge in [0.25, 0.3) is 0 Å². The van der Waals surface area contributed by atoms with Gasteiger partial charge < -0.3 is 5.73 Å². The highest BCUT2D eigenvalue weighted by Gasteiger charge is 2.14. The Labute approximate surface area is 147 Å². The molecule has 0 aliphatic heterocycles. The first-order valence-electron chi connectivity index (χ1n) is 7.81. The molecule has 4 aromatic heterocycles. The van der Waals surface area contributed by atoms with Crippen molar-refractivity contribution >= 4 is 11.6 Å².